The zero-order chi connectivity index (χ0) is 21.1. The van der Waals surface area contributed by atoms with Gasteiger partial charge >= 0.3 is 0 Å². The van der Waals surface area contributed by atoms with E-state index in [2.05, 4.69) is 22.6 Å². The van der Waals surface area contributed by atoms with Crippen LogP contribution in [0, 0.1) is 3.57 Å². The number of hydrogen-bond acceptors (Lipinski definition) is 4. The Balaban J connectivity index is 1.60. The Kier molecular flexibility index (Phi) is 6.71. The Bertz CT molecular complexity index is 1130. The number of halogens is 2. The van der Waals surface area contributed by atoms with E-state index in [4.69, 9.17) is 21.1 Å². The van der Waals surface area contributed by atoms with Gasteiger partial charge in [0.25, 0.3) is 0 Å². The molecule has 1 aliphatic rings. The quantitative estimate of drug-likeness (QED) is 0.240. The summed E-state index contributed by atoms with van der Waals surface area (Å²) in [5.74, 6) is 1.42. The number of allylic oxidation sites excluding steroid dienone is 1. The summed E-state index contributed by atoms with van der Waals surface area (Å²) in [7, 11) is 0. The summed E-state index contributed by atoms with van der Waals surface area (Å²) in [6, 6.07) is 19.2. The molecule has 0 amide bonds. The van der Waals surface area contributed by atoms with Crippen LogP contribution < -0.4 is 9.47 Å². The monoisotopic (exact) mass is 548 g/mol. The minimum absolute atomic E-state index is 0.0617. The van der Waals surface area contributed by atoms with Gasteiger partial charge in [0.2, 0.25) is 5.78 Å². The maximum atomic E-state index is 12.7. The second kappa shape index (κ2) is 9.45. The molecule has 0 aromatic heterocycles. The largest absolute Gasteiger partial charge is 0.490 e. The SMILES string of the molecule is CCOc1cc(/C=C2\Sc3ccccc3C2=O)cc(I)c1OCc1ccc(Cl)cc1. The van der Waals surface area contributed by atoms with Crippen molar-refractivity contribution in [2.24, 2.45) is 0 Å². The molecule has 1 aliphatic heterocycles. The van der Waals surface area contributed by atoms with Crippen molar-refractivity contribution in [3.8, 4) is 11.5 Å². The number of ketones is 1. The fourth-order valence-corrected chi connectivity index (χ4v) is 5.06. The van der Waals surface area contributed by atoms with E-state index in [9.17, 15) is 4.79 Å². The Labute approximate surface area is 198 Å². The second-order valence-corrected chi connectivity index (χ2v) is 9.30. The van der Waals surface area contributed by atoms with Crippen LogP contribution in [0.5, 0.6) is 11.5 Å². The summed E-state index contributed by atoms with van der Waals surface area (Å²) in [6.07, 6.45) is 1.92. The Morgan fingerprint density at radius 3 is 2.57 bits per heavy atom. The van der Waals surface area contributed by atoms with Gasteiger partial charge in [-0.25, -0.2) is 0 Å². The molecule has 0 bridgehead atoms. The minimum atomic E-state index is 0.0617. The van der Waals surface area contributed by atoms with Gasteiger partial charge in [-0.15, -0.1) is 0 Å². The lowest BCUT2D eigenvalue weighted by atomic mass is 10.1. The van der Waals surface area contributed by atoms with E-state index in [0.29, 0.717) is 34.6 Å². The Morgan fingerprint density at radius 2 is 1.83 bits per heavy atom. The summed E-state index contributed by atoms with van der Waals surface area (Å²) in [5.41, 5.74) is 2.69. The third kappa shape index (κ3) is 4.68. The van der Waals surface area contributed by atoms with E-state index < -0.39 is 0 Å². The van der Waals surface area contributed by atoms with Crippen LogP contribution in [0.25, 0.3) is 6.08 Å². The number of carbonyl (C=O) groups excluding carboxylic acids is 1. The molecule has 0 spiro atoms. The summed E-state index contributed by atoms with van der Waals surface area (Å²) in [4.78, 5) is 14.4. The van der Waals surface area contributed by atoms with Crippen LogP contribution in [-0.2, 0) is 6.61 Å². The molecule has 1 heterocycles. The highest BCUT2D eigenvalue weighted by molar-refractivity contribution is 14.1. The first-order valence-corrected chi connectivity index (χ1v) is 11.7. The van der Waals surface area contributed by atoms with E-state index in [1.54, 1.807) is 0 Å². The molecule has 0 saturated carbocycles. The van der Waals surface area contributed by atoms with Crippen LogP contribution in [0.3, 0.4) is 0 Å². The minimum Gasteiger partial charge on any atom is -0.490 e. The van der Waals surface area contributed by atoms with E-state index in [0.717, 1.165) is 25.2 Å². The first-order chi connectivity index (χ1) is 14.5. The van der Waals surface area contributed by atoms with Gasteiger partial charge in [-0.3, -0.25) is 4.79 Å². The molecule has 6 heteroatoms. The van der Waals surface area contributed by atoms with E-state index in [1.807, 2.05) is 73.7 Å². The molecule has 3 aromatic rings. The van der Waals surface area contributed by atoms with Crippen LogP contribution in [0.15, 0.2) is 70.5 Å². The predicted octanol–water partition coefficient (Wildman–Crippen LogP) is 7.25. The molecular weight excluding hydrogens is 531 g/mol. The molecule has 30 heavy (non-hydrogen) atoms. The molecule has 0 saturated heterocycles. The van der Waals surface area contributed by atoms with Gasteiger partial charge in [-0.1, -0.05) is 47.6 Å². The molecule has 0 aliphatic carbocycles. The van der Waals surface area contributed by atoms with Crippen LogP contribution in [0.4, 0.5) is 0 Å². The average Bonchev–Trinajstić information content (AvgIpc) is 3.04. The number of fused-ring (bicyclic) bond motifs is 1. The molecule has 0 fully saturated rings. The Morgan fingerprint density at radius 1 is 1.07 bits per heavy atom. The van der Waals surface area contributed by atoms with Crippen molar-refractivity contribution in [1.29, 1.82) is 0 Å². The highest BCUT2D eigenvalue weighted by atomic mass is 127. The number of carbonyl (C=O) groups is 1. The van der Waals surface area contributed by atoms with Crippen molar-refractivity contribution < 1.29 is 14.3 Å². The van der Waals surface area contributed by atoms with Gasteiger partial charge in [-0.2, -0.15) is 0 Å². The summed E-state index contributed by atoms with van der Waals surface area (Å²) >= 11 is 9.70. The van der Waals surface area contributed by atoms with E-state index >= 15 is 0 Å². The third-order valence-corrected chi connectivity index (χ3v) is 6.65. The van der Waals surface area contributed by atoms with E-state index in [-0.39, 0.29) is 5.78 Å². The predicted molar refractivity (Wildman–Crippen MR) is 131 cm³/mol. The van der Waals surface area contributed by atoms with Crippen molar-refractivity contribution in [2.45, 2.75) is 18.4 Å². The van der Waals surface area contributed by atoms with Crippen molar-refractivity contribution in [3.63, 3.8) is 0 Å². The summed E-state index contributed by atoms with van der Waals surface area (Å²) < 4.78 is 12.8. The normalized spacial score (nSPS) is 14.1. The number of hydrogen-bond donors (Lipinski definition) is 0. The molecule has 3 aromatic carbocycles. The lowest BCUT2D eigenvalue weighted by molar-refractivity contribution is 0.104. The van der Waals surface area contributed by atoms with Crippen LogP contribution >= 0.6 is 46.0 Å². The van der Waals surface area contributed by atoms with Crippen molar-refractivity contribution >= 4 is 57.8 Å². The smallest absolute Gasteiger partial charge is 0.200 e. The first kappa shape index (κ1) is 21.3. The summed E-state index contributed by atoms with van der Waals surface area (Å²) in [6.45, 7) is 2.87. The fourth-order valence-electron chi connectivity index (χ4n) is 3.10. The van der Waals surface area contributed by atoms with Crippen molar-refractivity contribution in [3.05, 3.63) is 90.9 Å². The van der Waals surface area contributed by atoms with E-state index in [1.165, 1.54) is 11.8 Å². The van der Waals surface area contributed by atoms with Gasteiger partial charge in [0, 0.05) is 15.5 Å². The number of rotatable bonds is 6. The molecule has 152 valence electrons. The molecule has 4 rings (SSSR count). The fraction of sp³-hybridized carbons (Fsp3) is 0.125. The van der Waals surface area contributed by atoms with Gasteiger partial charge in [-0.05, 0) is 83.1 Å². The lowest BCUT2D eigenvalue weighted by Crippen LogP contribution is -2.02. The maximum absolute atomic E-state index is 12.7. The zero-order valence-electron chi connectivity index (χ0n) is 16.2. The molecule has 0 radical (unpaired) electrons. The van der Waals surface area contributed by atoms with Gasteiger partial charge < -0.3 is 9.47 Å². The van der Waals surface area contributed by atoms with Crippen LogP contribution in [-0.4, -0.2) is 12.4 Å². The topological polar surface area (TPSA) is 35.5 Å². The summed E-state index contributed by atoms with van der Waals surface area (Å²) in [5, 5.41) is 0.696. The molecule has 0 unspecified atom stereocenters. The second-order valence-electron chi connectivity index (χ2n) is 6.61. The van der Waals surface area contributed by atoms with Crippen LogP contribution in [0.1, 0.15) is 28.4 Å². The Hall–Kier alpha value is -1.96. The highest BCUT2D eigenvalue weighted by Gasteiger charge is 2.25. The maximum Gasteiger partial charge on any atom is 0.200 e. The standard InChI is InChI=1S/C24H18ClIO3S/c1-2-28-20-12-16(13-22-23(27)18-5-3-4-6-21(18)30-22)11-19(26)24(20)29-14-15-7-9-17(25)10-8-15/h3-13H,2,14H2,1H3/b22-13-. The number of Topliss-reactive ketones (excluding diaryl/α,β-unsaturated/α-hetero) is 1. The molecule has 3 nitrogen and oxygen atoms in total. The third-order valence-electron chi connectivity index (χ3n) is 4.50. The molecular formula is C24H18ClIO3S. The average molecular weight is 549 g/mol. The number of thioether (sulfide) groups is 1. The molecule has 0 atom stereocenters. The van der Waals surface area contributed by atoms with Gasteiger partial charge in [0.05, 0.1) is 15.1 Å². The lowest BCUT2D eigenvalue weighted by Gasteiger charge is -2.15. The van der Waals surface area contributed by atoms with Crippen LogP contribution in [0.2, 0.25) is 5.02 Å². The van der Waals surface area contributed by atoms with Gasteiger partial charge in [0.15, 0.2) is 11.5 Å². The van der Waals surface area contributed by atoms with Crippen molar-refractivity contribution in [1.82, 2.24) is 0 Å². The molecule has 0 N–H and O–H groups in total. The zero-order valence-corrected chi connectivity index (χ0v) is 19.9. The first-order valence-electron chi connectivity index (χ1n) is 9.42. The number of ether oxygens (including phenoxy) is 2. The number of benzene rings is 3. The highest BCUT2D eigenvalue weighted by Crippen LogP contribution is 2.42. The van der Waals surface area contributed by atoms with Gasteiger partial charge in [0.1, 0.15) is 6.61 Å². The van der Waals surface area contributed by atoms with Crippen molar-refractivity contribution in [2.75, 3.05) is 6.61 Å².